The molecule has 0 fully saturated rings. The van der Waals surface area contributed by atoms with Crippen molar-refractivity contribution in [2.45, 2.75) is 26.2 Å². The normalized spacial score (nSPS) is 9.80. The van der Waals surface area contributed by atoms with Crippen molar-refractivity contribution in [3.63, 3.8) is 0 Å². The topological polar surface area (TPSA) is 99.4 Å². The Morgan fingerprint density at radius 2 is 2.30 bits per heavy atom. The summed E-state index contributed by atoms with van der Waals surface area (Å²) >= 11 is 1.17. The van der Waals surface area contributed by atoms with E-state index in [1.54, 1.807) is 6.07 Å². The number of carbonyl (C=O) groups is 2. The van der Waals surface area contributed by atoms with E-state index < -0.39 is 5.97 Å². The number of carboxylic acid groups (broad SMARTS) is 1. The molecule has 1 aromatic rings. The lowest BCUT2D eigenvalue weighted by Crippen LogP contribution is -2.29. The Kier molecular flexibility index (Phi) is 6.53. The maximum atomic E-state index is 11.4. The van der Waals surface area contributed by atoms with Gasteiger partial charge >= 0.3 is 5.97 Å². The fourth-order valence-electron chi connectivity index (χ4n) is 1.50. The summed E-state index contributed by atoms with van der Waals surface area (Å²) in [6.07, 6.45) is 1.92. The Morgan fingerprint density at radius 3 is 2.90 bits per heavy atom. The van der Waals surface area contributed by atoms with Crippen molar-refractivity contribution in [2.75, 3.05) is 13.2 Å². The number of carboxylic acids is 1. The number of amides is 1. The van der Waals surface area contributed by atoms with E-state index in [2.05, 4.69) is 5.32 Å². The molecule has 0 aromatic carbocycles. The van der Waals surface area contributed by atoms with Gasteiger partial charge in [0.1, 0.15) is 5.75 Å². The molecular weight excluding hydrogens is 280 g/mol. The molecule has 0 spiro atoms. The second-order valence-corrected chi connectivity index (χ2v) is 5.14. The summed E-state index contributed by atoms with van der Waals surface area (Å²) in [6, 6.07) is 3.57. The van der Waals surface area contributed by atoms with Gasteiger partial charge in [-0.3, -0.25) is 4.79 Å². The molecule has 1 heterocycles. The number of rotatable bonds is 8. The summed E-state index contributed by atoms with van der Waals surface area (Å²) in [5.41, 5.74) is 0. The summed E-state index contributed by atoms with van der Waals surface area (Å²) in [4.78, 5) is 23.5. The van der Waals surface area contributed by atoms with Crippen molar-refractivity contribution < 1.29 is 19.4 Å². The number of hydrogen-bond acceptors (Lipinski definition) is 5. The quantitative estimate of drug-likeness (QED) is 0.713. The van der Waals surface area contributed by atoms with Gasteiger partial charge in [0, 0.05) is 11.4 Å². The van der Waals surface area contributed by atoms with Crippen LogP contribution in [0.3, 0.4) is 0 Å². The number of nitrogens with zero attached hydrogens (tertiary/aromatic N) is 1. The Balaban J connectivity index is 2.60. The molecule has 1 amide bonds. The Labute approximate surface area is 121 Å². The van der Waals surface area contributed by atoms with Crippen molar-refractivity contribution in [1.82, 2.24) is 5.32 Å². The largest absolute Gasteiger partial charge is 0.482 e. The number of carbonyl (C=O) groups excluding carboxylic acids is 1. The standard InChI is InChI=1S/C13H16N2O4S/c1-2-4-9-7-10(12(20-9)13(17)18)19-8-11(16)15-6-3-5-14/h7H,2-4,6,8H2,1H3,(H,15,16)(H,17,18). The molecule has 0 radical (unpaired) electrons. The lowest BCUT2D eigenvalue weighted by molar-refractivity contribution is -0.123. The number of aromatic carboxylic acids is 1. The molecule has 108 valence electrons. The zero-order valence-corrected chi connectivity index (χ0v) is 12.0. The average Bonchev–Trinajstić information content (AvgIpc) is 2.80. The first-order chi connectivity index (χ1) is 9.58. The van der Waals surface area contributed by atoms with Crippen molar-refractivity contribution >= 4 is 23.2 Å². The van der Waals surface area contributed by atoms with Gasteiger partial charge in [-0.05, 0) is 12.5 Å². The molecule has 0 bridgehead atoms. The molecule has 0 aliphatic heterocycles. The Bertz CT molecular complexity index is 519. The smallest absolute Gasteiger partial charge is 0.349 e. The number of aryl methyl sites for hydroxylation is 1. The monoisotopic (exact) mass is 296 g/mol. The maximum Gasteiger partial charge on any atom is 0.349 e. The zero-order chi connectivity index (χ0) is 15.0. The van der Waals surface area contributed by atoms with Crippen molar-refractivity contribution in [3.05, 3.63) is 15.8 Å². The van der Waals surface area contributed by atoms with Crippen LogP contribution in [0.5, 0.6) is 5.75 Å². The lowest BCUT2D eigenvalue weighted by Gasteiger charge is -2.05. The van der Waals surface area contributed by atoms with Gasteiger partial charge in [-0.15, -0.1) is 11.3 Å². The Morgan fingerprint density at radius 1 is 1.55 bits per heavy atom. The highest BCUT2D eigenvalue weighted by molar-refractivity contribution is 7.14. The molecule has 20 heavy (non-hydrogen) atoms. The van der Waals surface area contributed by atoms with E-state index in [4.69, 9.17) is 15.1 Å². The molecule has 6 nitrogen and oxygen atoms in total. The highest BCUT2D eigenvalue weighted by Gasteiger charge is 2.17. The zero-order valence-electron chi connectivity index (χ0n) is 11.1. The maximum absolute atomic E-state index is 11.4. The molecule has 0 atom stereocenters. The van der Waals surface area contributed by atoms with Crippen LogP contribution in [0.25, 0.3) is 0 Å². The van der Waals surface area contributed by atoms with E-state index in [0.717, 1.165) is 17.7 Å². The third-order valence-electron chi connectivity index (χ3n) is 2.36. The van der Waals surface area contributed by atoms with E-state index in [1.165, 1.54) is 11.3 Å². The molecular formula is C13H16N2O4S. The van der Waals surface area contributed by atoms with Gasteiger partial charge < -0.3 is 15.2 Å². The first-order valence-electron chi connectivity index (χ1n) is 6.21. The minimum absolute atomic E-state index is 0.110. The number of hydrogen-bond donors (Lipinski definition) is 2. The minimum Gasteiger partial charge on any atom is -0.482 e. The van der Waals surface area contributed by atoms with Crippen LogP contribution in [0, 0.1) is 11.3 Å². The van der Waals surface area contributed by atoms with Crippen LogP contribution in [-0.4, -0.2) is 30.1 Å². The lowest BCUT2D eigenvalue weighted by atomic mass is 10.3. The van der Waals surface area contributed by atoms with Crippen LogP contribution in [0.1, 0.15) is 34.3 Å². The van der Waals surface area contributed by atoms with Gasteiger partial charge in [0.25, 0.3) is 5.91 Å². The van der Waals surface area contributed by atoms with Crippen molar-refractivity contribution in [2.24, 2.45) is 0 Å². The predicted octanol–water partition coefficient (Wildman–Crippen LogP) is 1.81. The van der Waals surface area contributed by atoms with Crippen molar-refractivity contribution in [1.29, 1.82) is 5.26 Å². The van der Waals surface area contributed by atoms with E-state index in [9.17, 15) is 9.59 Å². The van der Waals surface area contributed by atoms with E-state index in [0.29, 0.717) is 0 Å². The molecule has 0 unspecified atom stereocenters. The van der Waals surface area contributed by atoms with Gasteiger partial charge in [-0.25, -0.2) is 4.79 Å². The van der Waals surface area contributed by atoms with Gasteiger partial charge in [0.15, 0.2) is 11.5 Å². The predicted molar refractivity (Wildman–Crippen MR) is 74.0 cm³/mol. The van der Waals surface area contributed by atoms with Gasteiger partial charge in [0.2, 0.25) is 0 Å². The third-order valence-corrected chi connectivity index (χ3v) is 3.52. The Hall–Kier alpha value is -2.07. The van der Waals surface area contributed by atoms with E-state index in [1.807, 2.05) is 13.0 Å². The molecule has 0 aliphatic rings. The van der Waals surface area contributed by atoms with E-state index in [-0.39, 0.29) is 36.1 Å². The molecule has 0 saturated heterocycles. The summed E-state index contributed by atoms with van der Waals surface area (Å²) in [5.74, 6) is -1.21. The van der Waals surface area contributed by atoms with Gasteiger partial charge in [-0.1, -0.05) is 13.3 Å². The second kappa shape index (κ2) is 8.17. The van der Waals surface area contributed by atoms with Crippen molar-refractivity contribution in [3.8, 4) is 11.8 Å². The molecule has 0 aliphatic carbocycles. The summed E-state index contributed by atoms with van der Waals surface area (Å²) in [7, 11) is 0. The van der Waals surface area contributed by atoms with Gasteiger partial charge in [-0.2, -0.15) is 5.26 Å². The highest BCUT2D eigenvalue weighted by Crippen LogP contribution is 2.30. The average molecular weight is 296 g/mol. The van der Waals surface area contributed by atoms with Crippen LogP contribution in [0.2, 0.25) is 0 Å². The molecule has 2 N–H and O–H groups in total. The molecule has 0 saturated carbocycles. The summed E-state index contributed by atoms with van der Waals surface area (Å²) in [6.45, 7) is 2.01. The first-order valence-corrected chi connectivity index (χ1v) is 7.02. The van der Waals surface area contributed by atoms with Crippen LogP contribution in [0.15, 0.2) is 6.07 Å². The van der Waals surface area contributed by atoms with Crippen LogP contribution < -0.4 is 10.1 Å². The number of thiophene rings is 1. The SMILES string of the molecule is CCCc1cc(OCC(=O)NCCC#N)c(C(=O)O)s1. The van der Waals surface area contributed by atoms with Crippen LogP contribution in [-0.2, 0) is 11.2 Å². The van der Waals surface area contributed by atoms with E-state index >= 15 is 0 Å². The highest BCUT2D eigenvalue weighted by atomic mass is 32.1. The molecule has 1 aromatic heterocycles. The number of nitriles is 1. The minimum atomic E-state index is -1.06. The summed E-state index contributed by atoms with van der Waals surface area (Å²) < 4.78 is 5.25. The third kappa shape index (κ3) is 4.90. The molecule has 1 rings (SSSR count). The molecule has 7 heteroatoms. The van der Waals surface area contributed by atoms with Crippen LogP contribution >= 0.6 is 11.3 Å². The fraction of sp³-hybridized carbons (Fsp3) is 0.462. The van der Waals surface area contributed by atoms with Crippen LogP contribution in [0.4, 0.5) is 0 Å². The number of ether oxygens (including phenoxy) is 1. The fourth-order valence-corrected chi connectivity index (χ4v) is 2.54. The van der Waals surface area contributed by atoms with Gasteiger partial charge in [0.05, 0.1) is 12.5 Å². The first kappa shape index (κ1) is 16.0. The number of nitrogens with one attached hydrogen (secondary N) is 1. The second-order valence-electron chi connectivity index (χ2n) is 4.01. The summed E-state index contributed by atoms with van der Waals surface area (Å²) in [5, 5.41) is 19.9.